The minimum absolute atomic E-state index is 0.110. The highest BCUT2D eigenvalue weighted by Gasteiger charge is 2.40. The maximum atomic E-state index is 9.84. The van der Waals surface area contributed by atoms with Crippen LogP contribution >= 0.6 is 0 Å². The van der Waals surface area contributed by atoms with Crippen LogP contribution in [0, 0.1) is 0 Å². The van der Waals surface area contributed by atoms with Gasteiger partial charge in [-0.15, -0.1) is 0 Å². The summed E-state index contributed by atoms with van der Waals surface area (Å²) in [4.78, 5) is 0. The lowest BCUT2D eigenvalue weighted by atomic mass is 9.78. The van der Waals surface area contributed by atoms with Crippen LogP contribution in [0.15, 0.2) is 54.6 Å². The van der Waals surface area contributed by atoms with E-state index in [0.717, 1.165) is 17.7 Å². The van der Waals surface area contributed by atoms with Crippen LogP contribution in [0.25, 0.3) is 0 Å². The molecule has 0 saturated heterocycles. The molecule has 0 aromatic heterocycles. The second kappa shape index (κ2) is 4.46. The Morgan fingerprint density at radius 3 is 2.50 bits per heavy atom. The lowest BCUT2D eigenvalue weighted by molar-refractivity contribution is 0.158. The molecule has 18 heavy (non-hydrogen) atoms. The van der Waals surface area contributed by atoms with Crippen LogP contribution in [0.1, 0.15) is 11.1 Å². The molecular weight excluding hydrogens is 224 g/mol. The largest absolute Gasteiger partial charge is 0.492 e. The molecule has 0 fully saturated rings. The molecule has 1 aliphatic heterocycles. The molecule has 0 spiro atoms. The van der Waals surface area contributed by atoms with E-state index >= 15 is 0 Å². The number of aliphatic hydroxyl groups is 1. The van der Waals surface area contributed by atoms with Crippen LogP contribution in [0.4, 0.5) is 0 Å². The SMILES string of the molecule is OC[C@@]1(Cc2ccccc2)COc2ccccc21. The topological polar surface area (TPSA) is 29.5 Å². The fourth-order valence-electron chi connectivity index (χ4n) is 2.64. The number of benzene rings is 2. The van der Waals surface area contributed by atoms with Gasteiger partial charge in [0.25, 0.3) is 0 Å². The van der Waals surface area contributed by atoms with Crippen molar-refractivity contribution in [2.75, 3.05) is 13.2 Å². The van der Waals surface area contributed by atoms with Crippen LogP contribution in [0.3, 0.4) is 0 Å². The third-order valence-electron chi connectivity index (χ3n) is 3.65. The maximum Gasteiger partial charge on any atom is 0.123 e. The number of rotatable bonds is 3. The molecule has 0 bridgehead atoms. The molecule has 2 aromatic rings. The van der Waals surface area contributed by atoms with Crippen molar-refractivity contribution >= 4 is 0 Å². The van der Waals surface area contributed by atoms with E-state index in [0.29, 0.717) is 6.61 Å². The number of ether oxygens (including phenoxy) is 1. The van der Waals surface area contributed by atoms with Gasteiger partial charge in [-0.05, 0) is 18.1 Å². The van der Waals surface area contributed by atoms with Gasteiger partial charge in [0, 0.05) is 5.56 Å². The molecule has 0 radical (unpaired) electrons. The Morgan fingerprint density at radius 2 is 1.72 bits per heavy atom. The zero-order chi connectivity index (χ0) is 12.4. The Bertz CT molecular complexity index is 536. The molecule has 0 aliphatic carbocycles. The lowest BCUT2D eigenvalue weighted by Gasteiger charge is -2.25. The van der Waals surface area contributed by atoms with Gasteiger partial charge in [-0.25, -0.2) is 0 Å². The standard InChI is InChI=1S/C16H16O2/c17-11-16(10-13-6-2-1-3-7-13)12-18-15-9-5-4-8-14(15)16/h1-9,17H,10-12H2/t16-/m0/s1. The minimum atomic E-state index is -0.294. The van der Waals surface area contributed by atoms with Crippen molar-refractivity contribution in [2.24, 2.45) is 0 Å². The number of hydrogen-bond acceptors (Lipinski definition) is 2. The predicted octanol–water partition coefficient (Wildman–Crippen LogP) is 2.55. The van der Waals surface area contributed by atoms with Gasteiger partial charge in [-0.3, -0.25) is 0 Å². The first-order valence-electron chi connectivity index (χ1n) is 6.21. The first kappa shape index (κ1) is 11.3. The van der Waals surface area contributed by atoms with E-state index in [2.05, 4.69) is 18.2 Å². The highest BCUT2D eigenvalue weighted by atomic mass is 16.5. The van der Waals surface area contributed by atoms with Crippen LogP contribution in [-0.4, -0.2) is 18.3 Å². The molecule has 1 N–H and O–H groups in total. The summed E-state index contributed by atoms with van der Waals surface area (Å²) in [6, 6.07) is 18.3. The predicted molar refractivity (Wildman–Crippen MR) is 70.8 cm³/mol. The van der Waals surface area contributed by atoms with E-state index in [-0.39, 0.29) is 12.0 Å². The molecule has 1 aliphatic rings. The molecule has 1 heterocycles. The van der Waals surface area contributed by atoms with E-state index in [1.54, 1.807) is 0 Å². The lowest BCUT2D eigenvalue weighted by Crippen LogP contribution is -2.34. The van der Waals surface area contributed by atoms with Gasteiger partial charge in [0.15, 0.2) is 0 Å². The van der Waals surface area contributed by atoms with Crippen molar-refractivity contribution in [2.45, 2.75) is 11.8 Å². The van der Waals surface area contributed by atoms with Gasteiger partial charge in [-0.1, -0.05) is 48.5 Å². The first-order valence-corrected chi connectivity index (χ1v) is 6.21. The Hall–Kier alpha value is -1.80. The summed E-state index contributed by atoms with van der Waals surface area (Å²) >= 11 is 0. The number of aliphatic hydroxyl groups excluding tert-OH is 1. The Balaban J connectivity index is 1.98. The van der Waals surface area contributed by atoms with Crippen molar-refractivity contribution in [3.05, 3.63) is 65.7 Å². The number of fused-ring (bicyclic) bond motifs is 1. The van der Waals surface area contributed by atoms with Gasteiger partial charge in [0.05, 0.1) is 12.0 Å². The maximum absolute atomic E-state index is 9.84. The number of para-hydroxylation sites is 1. The molecule has 3 rings (SSSR count). The van der Waals surface area contributed by atoms with Crippen molar-refractivity contribution in [3.8, 4) is 5.75 Å². The summed E-state index contributed by atoms with van der Waals surface area (Å²) < 4.78 is 5.72. The molecule has 2 heteroatoms. The second-order valence-electron chi connectivity index (χ2n) is 4.89. The minimum Gasteiger partial charge on any atom is -0.492 e. The van der Waals surface area contributed by atoms with Gasteiger partial charge in [0.2, 0.25) is 0 Å². The zero-order valence-electron chi connectivity index (χ0n) is 10.2. The normalized spacial score (nSPS) is 21.4. The number of hydrogen-bond donors (Lipinski definition) is 1. The second-order valence-corrected chi connectivity index (χ2v) is 4.89. The van der Waals surface area contributed by atoms with Gasteiger partial charge >= 0.3 is 0 Å². The van der Waals surface area contributed by atoms with E-state index in [4.69, 9.17) is 4.74 Å². The van der Waals surface area contributed by atoms with Gasteiger partial charge < -0.3 is 9.84 Å². The highest BCUT2D eigenvalue weighted by Crippen LogP contribution is 2.40. The van der Waals surface area contributed by atoms with Crippen LogP contribution in [-0.2, 0) is 11.8 Å². The van der Waals surface area contributed by atoms with Crippen molar-refractivity contribution in [1.82, 2.24) is 0 Å². The van der Waals surface area contributed by atoms with E-state index in [1.807, 2.05) is 36.4 Å². The quantitative estimate of drug-likeness (QED) is 0.893. The molecule has 2 aromatic carbocycles. The molecule has 1 atom stereocenters. The van der Waals surface area contributed by atoms with Crippen LogP contribution in [0.5, 0.6) is 5.75 Å². The van der Waals surface area contributed by atoms with Gasteiger partial charge in [-0.2, -0.15) is 0 Å². The van der Waals surface area contributed by atoms with Crippen LogP contribution < -0.4 is 4.74 Å². The molecule has 0 unspecified atom stereocenters. The summed E-state index contributed by atoms with van der Waals surface area (Å²) in [5.41, 5.74) is 2.06. The van der Waals surface area contributed by atoms with E-state index in [1.165, 1.54) is 5.56 Å². The molecule has 0 amide bonds. The molecule has 92 valence electrons. The summed E-state index contributed by atoms with van der Waals surface area (Å²) in [7, 11) is 0. The third kappa shape index (κ3) is 1.79. The third-order valence-corrected chi connectivity index (χ3v) is 3.65. The Morgan fingerprint density at radius 1 is 1.00 bits per heavy atom. The van der Waals surface area contributed by atoms with Crippen molar-refractivity contribution < 1.29 is 9.84 Å². The molecule has 2 nitrogen and oxygen atoms in total. The highest BCUT2D eigenvalue weighted by molar-refractivity contribution is 5.45. The average molecular weight is 240 g/mol. The van der Waals surface area contributed by atoms with Crippen molar-refractivity contribution in [1.29, 1.82) is 0 Å². The summed E-state index contributed by atoms with van der Waals surface area (Å²) in [6.45, 7) is 0.663. The molecular formula is C16H16O2. The fourth-order valence-corrected chi connectivity index (χ4v) is 2.64. The van der Waals surface area contributed by atoms with Crippen LogP contribution in [0.2, 0.25) is 0 Å². The van der Waals surface area contributed by atoms with E-state index < -0.39 is 0 Å². The smallest absolute Gasteiger partial charge is 0.123 e. The fraction of sp³-hybridized carbons (Fsp3) is 0.250. The van der Waals surface area contributed by atoms with Gasteiger partial charge in [0.1, 0.15) is 12.4 Å². The average Bonchev–Trinajstić information content (AvgIpc) is 2.80. The zero-order valence-corrected chi connectivity index (χ0v) is 10.2. The molecule has 0 saturated carbocycles. The first-order chi connectivity index (χ1) is 8.84. The summed E-state index contributed by atoms with van der Waals surface area (Å²) in [6.07, 6.45) is 0.807. The Kier molecular flexibility index (Phi) is 2.80. The summed E-state index contributed by atoms with van der Waals surface area (Å²) in [5.74, 6) is 0.905. The summed E-state index contributed by atoms with van der Waals surface area (Å²) in [5, 5.41) is 9.84. The Labute approximate surface area is 107 Å². The monoisotopic (exact) mass is 240 g/mol. The van der Waals surface area contributed by atoms with E-state index in [9.17, 15) is 5.11 Å². The van der Waals surface area contributed by atoms with Crippen molar-refractivity contribution in [3.63, 3.8) is 0 Å².